The van der Waals surface area contributed by atoms with Crippen LogP contribution in [-0.4, -0.2) is 62.1 Å². The summed E-state index contributed by atoms with van der Waals surface area (Å²) in [6, 6.07) is 14.8. The van der Waals surface area contributed by atoms with E-state index in [2.05, 4.69) is 11.0 Å². The lowest BCUT2D eigenvalue weighted by atomic mass is 9.94. The second kappa shape index (κ2) is 9.24. The molecule has 2 fully saturated rings. The molecule has 8 heteroatoms. The first kappa shape index (κ1) is 21.0. The average Bonchev–Trinajstić information content (AvgIpc) is 2.84. The predicted molar refractivity (Wildman–Crippen MR) is 120 cm³/mol. The molecular weight excluding hydrogens is 396 g/mol. The molecule has 164 valence electrons. The van der Waals surface area contributed by atoms with E-state index in [0.29, 0.717) is 31.9 Å². The fourth-order valence-electron chi connectivity index (χ4n) is 4.50. The Labute approximate surface area is 182 Å². The average molecular weight is 425 g/mol. The smallest absolute Gasteiger partial charge is 0.292 e. The van der Waals surface area contributed by atoms with Crippen LogP contribution in [0.3, 0.4) is 0 Å². The number of methoxy groups -OCH3 is 1. The third-order valence-electron chi connectivity index (χ3n) is 6.27. The SMILES string of the molecule is COc1cccc(N2CCN(C(=O)C3CCN(c4ccccc4[N+](=O)[O-])CC3)CC2)c1. The van der Waals surface area contributed by atoms with Crippen LogP contribution in [-0.2, 0) is 4.79 Å². The number of ether oxygens (including phenoxy) is 1. The van der Waals surface area contributed by atoms with E-state index in [1.807, 2.05) is 34.1 Å². The molecule has 4 rings (SSSR count). The van der Waals surface area contributed by atoms with Crippen LogP contribution in [0.5, 0.6) is 5.75 Å². The Morgan fingerprint density at radius 2 is 1.68 bits per heavy atom. The number of amides is 1. The highest BCUT2D eigenvalue weighted by Gasteiger charge is 2.32. The topological polar surface area (TPSA) is 79.2 Å². The molecule has 0 N–H and O–H groups in total. The van der Waals surface area contributed by atoms with Crippen molar-refractivity contribution < 1.29 is 14.5 Å². The lowest BCUT2D eigenvalue weighted by Gasteiger charge is -2.39. The number of benzene rings is 2. The van der Waals surface area contributed by atoms with E-state index in [9.17, 15) is 14.9 Å². The van der Waals surface area contributed by atoms with Gasteiger partial charge in [-0.2, -0.15) is 0 Å². The second-order valence-electron chi connectivity index (χ2n) is 8.02. The van der Waals surface area contributed by atoms with E-state index in [1.54, 1.807) is 19.2 Å². The molecule has 0 aromatic heterocycles. The van der Waals surface area contributed by atoms with Crippen molar-refractivity contribution in [2.75, 3.05) is 56.2 Å². The zero-order valence-corrected chi connectivity index (χ0v) is 17.8. The van der Waals surface area contributed by atoms with Crippen LogP contribution in [0.15, 0.2) is 48.5 Å². The van der Waals surface area contributed by atoms with Gasteiger partial charge in [-0.3, -0.25) is 14.9 Å². The summed E-state index contributed by atoms with van der Waals surface area (Å²) in [4.78, 5) is 30.3. The van der Waals surface area contributed by atoms with Crippen molar-refractivity contribution >= 4 is 23.0 Å². The Kier molecular flexibility index (Phi) is 6.25. The first-order valence-electron chi connectivity index (χ1n) is 10.7. The van der Waals surface area contributed by atoms with Gasteiger partial charge in [-0.1, -0.05) is 18.2 Å². The van der Waals surface area contributed by atoms with Gasteiger partial charge in [0.1, 0.15) is 11.4 Å². The number of piperazine rings is 1. The quantitative estimate of drug-likeness (QED) is 0.542. The largest absolute Gasteiger partial charge is 0.497 e. The molecule has 0 saturated carbocycles. The monoisotopic (exact) mass is 424 g/mol. The molecule has 0 unspecified atom stereocenters. The van der Waals surface area contributed by atoms with Crippen molar-refractivity contribution in [3.63, 3.8) is 0 Å². The van der Waals surface area contributed by atoms with Crippen molar-refractivity contribution in [1.29, 1.82) is 0 Å². The standard InChI is InChI=1S/C23H28N4O4/c1-31-20-6-4-5-19(17-20)24-13-15-26(16-14-24)23(28)18-9-11-25(12-10-18)21-7-2-3-8-22(21)27(29)30/h2-8,17-18H,9-16H2,1H3. The molecule has 0 radical (unpaired) electrons. The fourth-order valence-corrected chi connectivity index (χ4v) is 4.50. The number of nitrogens with zero attached hydrogens (tertiary/aromatic N) is 4. The molecule has 0 bridgehead atoms. The summed E-state index contributed by atoms with van der Waals surface area (Å²) in [5.41, 5.74) is 1.88. The molecule has 0 spiro atoms. The van der Waals surface area contributed by atoms with Crippen LogP contribution in [0.4, 0.5) is 17.1 Å². The summed E-state index contributed by atoms with van der Waals surface area (Å²) in [5.74, 6) is 1.04. The number of anilines is 2. The zero-order chi connectivity index (χ0) is 21.8. The molecule has 8 nitrogen and oxygen atoms in total. The summed E-state index contributed by atoms with van der Waals surface area (Å²) in [7, 11) is 1.66. The van der Waals surface area contributed by atoms with Crippen LogP contribution >= 0.6 is 0 Å². The van der Waals surface area contributed by atoms with Gasteiger partial charge in [0.2, 0.25) is 5.91 Å². The van der Waals surface area contributed by atoms with Crippen molar-refractivity contribution in [3.05, 3.63) is 58.6 Å². The summed E-state index contributed by atoms with van der Waals surface area (Å²) in [6.45, 7) is 4.33. The number of nitro benzene ring substituents is 1. The molecule has 0 aliphatic carbocycles. The minimum atomic E-state index is -0.339. The predicted octanol–water partition coefficient (Wildman–Crippen LogP) is 3.17. The van der Waals surface area contributed by atoms with Crippen molar-refractivity contribution in [2.24, 2.45) is 5.92 Å². The molecule has 0 atom stereocenters. The minimum Gasteiger partial charge on any atom is -0.497 e. The fraction of sp³-hybridized carbons (Fsp3) is 0.435. The highest BCUT2D eigenvalue weighted by atomic mass is 16.6. The Morgan fingerprint density at radius 3 is 2.35 bits per heavy atom. The van der Waals surface area contributed by atoms with Crippen LogP contribution in [0.2, 0.25) is 0 Å². The van der Waals surface area contributed by atoms with Gasteiger partial charge in [0.15, 0.2) is 0 Å². The minimum absolute atomic E-state index is 0.0117. The van der Waals surface area contributed by atoms with Crippen molar-refractivity contribution in [1.82, 2.24) is 4.90 Å². The van der Waals surface area contributed by atoms with Gasteiger partial charge >= 0.3 is 0 Å². The lowest BCUT2D eigenvalue weighted by Crippen LogP contribution is -2.51. The van der Waals surface area contributed by atoms with Crippen LogP contribution in [0, 0.1) is 16.0 Å². The van der Waals surface area contributed by atoms with Crippen LogP contribution in [0.25, 0.3) is 0 Å². The number of rotatable bonds is 5. The first-order valence-corrected chi connectivity index (χ1v) is 10.7. The van der Waals surface area contributed by atoms with Crippen molar-refractivity contribution in [3.8, 4) is 5.75 Å². The van der Waals surface area contributed by atoms with E-state index >= 15 is 0 Å². The molecule has 1 amide bonds. The van der Waals surface area contributed by atoms with Gasteiger partial charge in [-0.15, -0.1) is 0 Å². The van der Waals surface area contributed by atoms with E-state index in [4.69, 9.17) is 4.74 Å². The maximum Gasteiger partial charge on any atom is 0.292 e. The molecular formula is C23H28N4O4. The molecule has 2 aliphatic rings. The lowest BCUT2D eigenvalue weighted by molar-refractivity contribution is -0.384. The normalized spacial score (nSPS) is 17.5. The Morgan fingerprint density at radius 1 is 0.968 bits per heavy atom. The zero-order valence-electron chi connectivity index (χ0n) is 17.8. The van der Waals surface area contributed by atoms with Crippen LogP contribution in [0.1, 0.15) is 12.8 Å². The van der Waals surface area contributed by atoms with E-state index in [1.165, 1.54) is 6.07 Å². The Hall–Kier alpha value is -3.29. The Balaban J connectivity index is 1.31. The summed E-state index contributed by atoms with van der Waals surface area (Å²) >= 11 is 0. The van der Waals surface area contributed by atoms with E-state index < -0.39 is 0 Å². The molecule has 2 saturated heterocycles. The molecule has 2 aromatic rings. The number of hydrogen-bond donors (Lipinski definition) is 0. The highest BCUT2D eigenvalue weighted by molar-refractivity contribution is 5.79. The summed E-state index contributed by atoms with van der Waals surface area (Å²) in [5, 5.41) is 11.3. The maximum atomic E-state index is 13.1. The number of carbonyl (C=O) groups excluding carboxylic acids is 1. The first-order chi connectivity index (χ1) is 15.1. The van der Waals surface area contributed by atoms with Crippen molar-refractivity contribution in [2.45, 2.75) is 12.8 Å². The van der Waals surface area contributed by atoms with E-state index in [-0.39, 0.29) is 22.4 Å². The Bertz CT molecular complexity index is 935. The van der Waals surface area contributed by atoms with Gasteiger partial charge in [-0.25, -0.2) is 0 Å². The number of nitro groups is 1. The molecule has 31 heavy (non-hydrogen) atoms. The number of carbonyl (C=O) groups is 1. The van der Waals surface area contributed by atoms with Gasteiger partial charge in [-0.05, 0) is 31.0 Å². The second-order valence-corrected chi connectivity index (χ2v) is 8.02. The van der Waals surface area contributed by atoms with Crippen LogP contribution < -0.4 is 14.5 Å². The number of piperidine rings is 1. The van der Waals surface area contributed by atoms with Gasteiger partial charge < -0.3 is 19.4 Å². The molecule has 2 aromatic carbocycles. The van der Waals surface area contributed by atoms with Gasteiger partial charge in [0.05, 0.1) is 12.0 Å². The third-order valence-corrected chi connectivity index (χ3v) is 6.27. The van der Waals surface area contributed by atoms with Gasteiger partial charge in [0.25, 0.3) is 5.69 Å². The number of hydrogen-bond acceptors (Lipinski definition) is 6. The summed E-state index contributed by atoms with van der Waals surface area (Å²) < 4.78 is 5.31. The third kappa shape index (κ3) is 4.57. The highest BCUT2D eigenvalue weighted by Crippen LogP contribution is 2.32. The molecule has 2 heterocycles. The summed E-state index contributed by atoms with van der Waals surface area (Å²) in [6.07, 6.45) is 1.45. The maximum absolute atomic E-state index is 13.1. The van der Waals surface area contributed by atoms with E-state index in [0.717, 1.165) is 37.4 Å². The molecule has 2 aliphatic heterocycles. The number of para-hydroxylation sites is 2. The van der Waals surface area contributed by atoms with Gasteiger partial charge in [0, 0.05) is 63.0 Å².